The second kappa shape index (κ2) is 11.8. The van der Waals surface area contributed by atoms with Crippen LogP contribution in [0.15, 0.2) is 0 Å². The van der Waals surface area contributed by atoms with Crippen LogP contribution in [0.5, 0.6) is 0 Å². The normalized spacial score (nSPS) is 11.7. The highest BCUT2D eigenvalue weighted by Crippen LogP contribution is 2.19. The van der Waals surface area contributed by atoms with E-state index in [1.807, 2.05) is 0 Å². The van der Waals surface area contributed by atoms with Crippen molar-refractivity contribution in [1.29, 1.82) is 0 Å². The molecule has 0 N–H and O–H groups in total. The van der Waals surface area contributed by atoms with Gasteiger partial charge in [-0.25, -0.2) is 4.79 Å². The van der Waals surface area contributed by atoms with Crippen LogP contribution in [0.25, 0.3) is 0 Å². The van der Waals surface area contributed by atoms with Gasteiger partial charge in [-0.1, -0.05) is 0 Å². The number of carbonyl (C=O) groups excluding carboxylic acids is 1. The molecule has 0 aromatic carbocycles. The Hall–Kier alpha value is -6.01. The van der Waals surface area contributed by atoms with Gasteiger partial charge in [-0.15, -0.1) is 0 Å². The number of esters is 1. The number of rotatable bonds is 18. The monoisotopic (exact) mass is 581 g/mol. The molecular formula is C8H7N9O22. The van der Waals surface area contributed by atoms with Crippen LogP contribution in [-0.2, 0) is 19.0 Å². The Morgan fingerprint density at radius 3 is 0.872 bits per heavy atom. The van der Waals surface area contributed by atoms with Crippen molar-refractivity contribution < 1.29 is 63.3 Å². The summed E-state index contributed by atoms with van der Waals surface area (Å²) in [5.41, 5.74) is 0. The fourth-order valence-electron chi connectivity index (χ4n) is 1.87. The van der Waals surface area contributed by atoms with Crippen molar-refractivity contribution in [3.63, 3.8) is 0 Å². The van der Waals surface area contributed by atoms with E-state index in [1.165, 1.54) is 0 Å². The highest BCUT2D eigenvalue weighted by atomic mass is 16.8. The third kappa shape index (κ3) is 5.87. The minimum Gasteiger partial charge on any atom is -0.437 e. The fraction of sp³-hybridized carbons (Fsp3) is 0.875. The lowest BCUT2D eigenvalue weighted by molar-refractivity contribution is -0.972. The summed E-state index contributed by atoms with van der Waals surface area (Å²) in [5.74, 6) is -16.5. The van der Waals surface area contributed by atoms with Gasteiger partial charge < -0.3 is 14.2 Å². The Bertz CT molecular complexity index is 968. The summed E-state index contributed by atoms with van der Waals surface area (Å²) in [4.78, 5) is 90.3. The molecular weight excluding hydrogens is 574 g/mol. The largest absolute Gasteiger partial charge is 0.734 e. The van der Waals surface area contributed by atoms with Crippen molar-refractivity contribution in [2.24, 2.45) is 0 Å². The zero-order valence-electron chi connectivity index (χ0n) is 17.7. The van der Waals surface area contributed by atoms with Gasteiger partial charge in [-0.05, 0) is 0 Å². The van der Waals surface area contributed by atoms with Crippen molar-refractivity contribution in [1.82, 2.24) is 0 Å². The molecule has 216 valence electrons. The van der Waals surface area contributed by atoms with E-state index in [2.05, 4.69) is 14.2 Å². The van der Waals surface area contributed by atoms with Crippen molar-refractivity contribution >= 4 is 5.97 Å². The van der Waals surface area contributed by atoms with Crippen LogP contribution in [0, 0.1) is 91.0 Å². The first-order valence-electron chi connectivity index (χ1n) is 8.39. The van der Waals surface area contributed by atoms with Gasteiger partial charge in [0.05, 0.1) is 0 Å². The SMILES string of the molecule is O=C(OCC([N+](=O)[O-])([N+](=O)[O-])[N+](=O)[O-])C(OCC([N+](=O)[O-])([N+](=O)[O-])[N+](=O)[O-])OCC([N+](=O)[O-])([N+](=O)[O-])[N+](=O)[O-]. The summed E-state index contributed by atoms with van der Waals surface area (Å²) in [7, 11) is 0. The number of nitro groups is 9. The molecule has 0 saturated heterocycles. The van der Waals surface area contributed by atoms with Crippen LogP contribution in [0.1, 0.15) is 0 Å². The Morgan fingerprint density at radius 2 is 0.667 bits per heavy atom. The highest BCUT2D eigenvalue weighted by molar-refractivity contribution is 5.73. The van der Waals surface area contributed by atoms with Crippen LogP contribution >= 0.6 is 0 Å². The Balaban J connectivity index is 6.56. The Kier molecular flexibility index (Phi) is 10.00. The van der Waals surface area contributed by atoms with Crippen molar-refractivity contribution in [3.05, 3.63) is 91.0 Å². The third-order valence-corrected chi connectivity index (χ3v) is 4.09. The number of nitrogens with zero attached hydrogens (tertiary/aromatic N) is 9. The van der Waals surface area contributed by atoms with E-state index in [9.17, 15) is 95.8 Å². The van der Waals surface area contributed by atoms with Crippen molar-refractivity contribution in [3.8, 4) is 0 Å². The molecule has 0 radical (unpaired) electrons. The van der Waals surface area contributed by atoms with Gasteiger partial charge in [0.15, 0.2) is 44.3 Å². The van der Waals surface area contributed by atoms with Gasteiger partial charge in [0.2, 0.25) is 0 Å². The Morgan fingerprint density at radius 1 is 0.462 bits per heavy atom. The smallest absolute Gasteiger partial charge is 0.437 e. The van der Waals surface area contributed by atoms with Crippen LogP contribution in [-0.4, -0.2) is 93.8 Å². The minimum atomic E-state index is -4.64. The summed E-state index contributed by atoms with van der Waals surface area (Å²) in [6.07, 6.45) is -3.54. The summed E-state index contributed by atoms with van der Waals surface area (Å²) >= 11 is 0. The van der Waals surface area contributed by atoms with Gasteiger partial charge in [-0.3, -0.25) is 91.0 Å². The molecule has 31 heteroatoms. The molecule has 0 unspecified atom stereocenters. The topological polar surface area (TPSA) is 433 Å². The second-order valence-electron chi connectivity index (χ2n) is 6.20. The lowest BCUT2D eigenvalue weighted by atomic mass is 10.4. The van der Waals surface area contributed by atoms with Gasteiger partial charge >= 0.3 is 29.9 Å². The molecule has 0 aliphatic carbocycles. The maximum absolute atomic E-state index is 12.2. The molecule has 39 heavy (non-hydrogen) atoms. The van der Waals surface area contributed by atoms with E-state index >= 15 is 0 Å². The number of hydrogen-bond acceptors (Lipinski definition) is 22. The molecule has 0 aromatic heterocycles. The molecule has 0 saturated carbocycles. The van der Waals surface area contributed by atoms with E-state index in [-0.39, 0.29) is 0 Å². The summed E-state index contributed by atoms with van der Waals surface area (Å²) in [5, 5.41) is 98.3. The second-order valence-corrected chi connectivity index (χ2v) is 6.20. The van der Waals surface area contributed by atoms with Gasteiger partial charge in [0, 0.05) is 0 Å². The van der Waals surface area contributed by atoms with E-state index in [1.54, 1.807) is 0 Å². The zero-order valence-corrected chi connectivity index (χ0v) is 17.7. The van der Waals surface area contributed by atoms with E-state index in [0.717, 1.165) is 0 Å². The number of ether oxygens (including phenoxy) is 3. The van der Waals surface area contributed by atoms with Gasteiger partial charge in [0.1, 0.15) is 0 Å². The first kappa shape index (κ1) is 33.0. The van der Waals surface area contributed by atoms with E-state index in [4.69, 9.17) is 0 Å². The third-order valence-electron chi connectivity index (χ3n) is 4.09. The predicted octanol–water partition coefficient (Wildman–Crippen LogP) is -3.66. The molecule has 0 amide bonds. The summed E-state index contributed by atoms with van der Waals surface area (Å²) in [6, 6.07) is 0. The van der Waals surface area contributed by atoms with E-state index < -0.39 is 93.8 Å². The fourth-order valence-corrected chi connectivity index (χ4v) is 1.87. The molecule has 0 fully saturated rings. The molecule has 31 nitrogen and oxygen atoms in total. The molecule has 0 aliphatic rings. The lowest BCUT2D eigenvalue weighted by Crippen LogP contribution is -2.60. The van der Waals surface area contributed by atoms with Crippen LogP contribution in [0.3, 0.4) is 0 Å². The maximum Gasteiger partial charge on any atom is 0.734 e. The quantitative estimate of drug-likeness (QED) is 0.0651. The highest BCUT2D eigenvalue weighted by Gasteiger charge is 2.74. The minimum absolute atomic E-state index is 2.23. The van der Waals surface area contributed by atoms with Crippen molar-refractivity contribution in [2.75, 3.05) is 19.8 Å². The first-order valence-corrected chi connectivity index (χ1v) is 8.39. The number of carbonyl (C=O) groups is 1. The standard InChI is InChI=1S/C8H7N9O22/c18-4(37-1-6(9(19)20,10(21)22)11(23)24)5(38-2-7(12(25)26,13(27)28)14(29)30)39-3-8(15(31)32,16(33)34)17(35)36/h5H,1-3H2. The average Bonchev–Trinajstić information content (AvgIpc) is 2.76. The van der Waals surface area contributed by atoms with Crippen LogP contribution < -0.4 is 0 Å². The molecule has 0 bridgehead atoms. The molecule has 0 heterocycles. The Labute approximate surface area is 205 Å². The van der Waals surface area contributed by atoms with Crippen LogP contribution in [0.2, 0.25) is 0 Å². The summed E-state index contributed by atoms with van der Waals surface area (Å²) < 4.78 is 11.9. The predicted molar refractivity (Wildman–Crippen MR) is 97.8 cm³/mol. The van der Waals surface area contributed by atoms with E-state index in [0.29, 0.717) is 0 Å². The summed E-state index contributed by atoms with van der Waals surface area (Å²) in [6.45, 7) is -7.63. The molecule has 0 aromatic rings. The molecule has 0 atom stereocenters. The first-order chi connectivity index (χ1) is 17.7. The maximum atomic E-state index is 12.2. The molecule has 0 spiro atoms. The van der Waals surface area contributed by atoms with Crippen LogP contribution in [0.4, 0.5) is 0 Å². The number of hydrogen-bond donors (Lipinski definition) is 0. The molecule has 0 aliphatic heterocycles. The average molecular weight is 581 g/mol. The van der Waals surface area contributed by atoms with Crippen molar-refractivity contribution in [2.45, 2.75) is 23.7 Å². The molecule has 0 rings (SSSR count). The van der Waals surface area contributed by atoms with Gasteiger partial charge in [0.25, 0.3) is 19.5 Å². The lowest BCUT2D eigenvalue weighted by Gasteiger charge is -2.18. The zero-order chi connectivity index (χ0) is 31.1. The van der Waals surface area contributed by atoms with Gasteiger partial charge in [-0.2, -0.15) is 0 Å².